The first-order valence-corrected chi connectivity index (χ1v) is 7.34. The molecule has 2 aromatic rings. The summed E-state index contributed by atoms with van der Waals surface area (Å²) in [5.74, 6) is -0.0560. The minimum atomic E-state index is -0.0560. The number of anilines is 1. The van der Waals surface area contributed by atoms with Crippen molar-refractivity contribution in [3.63, 3.8) is 0 Å². The molecule has 0 atom stereocenters. The highest BCUT2D eigenvalue weighted by Gasteiger charge is 2.05. The van der Waals surface area contributed by atoms with E-state index in [1.165, 1.54) is 16.9 Å². The van der Waals surface area contributed by atoms with Crippen LogP contribution in [0.3, 0.4) is 0 Å². The van der Waals surface area contributed by atoms with Crippen LogP contribution in [0.4, 0.5) is 5.69 Å². The molecule has 1 aromatic carbocycles. The quantitative estimate of drug-likeness (QED) is 0.852. The number of hydrogen-bond acceptors (Lipinski definition) is 2. The number of amides is 1. The van der Waals surface area contributed by atoms with Crippen LogP contribution < -0.4 is 5.32 Å². The summed E-state index contributed by atoms with van der Waals surface area (Å²) in [5, 5.41) is 7.56. The molecule has 17 heavy (non-hydrogen) atoms. The number of aryl methyl sites for hydroxylation is 1. The number of rotatable bonds is 4. The zero-order valence-corrected chi connectivity index (χ0v) is 11.6. The summed E-state index contributed by atoms with van der Waals surface area (Å²) >= 11 is 4.92. The van der Waals surface area contributed by atoms with Crippen LogP contribution in [0.5, 0.6) is 0 Å². The number of benzene rings is 1. The molecule has 1 aromatic heterocycles. The molecule has 0 aliphatic rings. The highest BCUT2D eigenvalue weighted by atomic mass is 79.9. The molecule has 0 fully saturated rings. The molecule has 1 amide bonds. The van der Waals surface area contributed by atoms with Crippen LogP contribution in [0.15, 0.2) is 41.1 Å². The number of carbonyl (C=O) groups is 1. The molecule has 0 saturated carbocycles. The van der Waals surface area contributed by atoms with Gasteiger partial charge < -0.3 is 5.32 Å². The van der Waals surface area contributed by atoms with Gasteiger partial charge in [-0.3, -0.25) is 4.79 Å². The maximum absolute atomic E-state index is 11.8. The maximum atomic E-state index is 11.8. The molecule has 0 saturated heterocycles. The van der Waals surface area contributed by atoms with E-state index >= 15 is 0 Å². The van der Waals surface area contributed by atoms with Gasteiger partial charge >= 0.3 is 0 Å². The highest BCUT2D eigenvalue weighted by molar-refractivity contribution is 9.09. The Morgan fingerprint density at radius 1 is 1.24 bits per heavy atom. The van der Waals surface area contributed by atoms with Gasteiger partial charge in [0.15, 0.2) is 0 Å². The summed E-state index contributed by atoms with van der Waals surface area (Å²) in [7, 11) is 0. The predicted molar refractivity (Wildman–Crippen MR) is 76.2 cm³/mol. The number of hydrogen-bond donors (Lipinski definition) is 1. The third kappa shape index (κ3) is 3.41. The first-order chi connectivity index (χ1) is 8.29. The Morgan fingerprint density at radius 3 is 2.59 bits per heavy atom. The zero-order valence-electron chi connectivity index (χ0n) is 9.15. The lowest BCUT2D eigenvalue weighted by molar-refractivity contribution is 0.102. The SMILES string of the molecule is O=C(Nc1ccc(CCBr)cc1)c1ccsc1. The second-order valence-electron chi connectivity index (χ2n) is 3.60. The molecule has 1 N–H and O–H groups in total. The van der Waals surface area contributed by atoms with Crippen LogP contribution in [-0.4, -0.2) is 11.2 Å². The van der Waals surface area contributed by atoms with E-state index in [1.807, 2.05) is 41.1 Å². The van der Waals surface area contributed by atoms with Crippen LogP contribution in [0.2, 0.25) is 0 Å². The van der Waals surface area contributed by atoms with Gasteiger partial charge in [-0.1, -0.05) is 28.1 Å². The molecule has 4 heteroatoms. The average molecular weight is 310 g/mol. The van der Waals surface area contributed by atoms with E-state index in [0.29, 0.717) is 5.56 Å². The van der Waals surface area contributed by atoms with Crippen molar-refractivity contribution in [2.75, 3.05) is 10.6 Å². The molecule has 0 aliphatic heterocycles. The average Bonchev–Trinajstić information content (AvgIpc) is 2.86. The molecular formula is C13H12BrNOS. The van der Waals surface area contributed by atoms with Gasteiger partial charge in [-0.25, -0.2) is 0 Å². The first kappa shape index (κ1) is 12.3. The summed E-state index contributed by atoms with van der Waals surface area (Å²) in [6.07, 6.45) is 0.999. The maximum Gasteiger partial charge on any atom is 0.256 e. The smallest absolute Gasteiger partial charge is 0.256 e. The fraction of sp³-hybridized carbons (Fsp3) is 0.154. The van der Waals surface area contributed by atoms with Crippen molar-refractivity contribution in [2.45, 2.75) is 6.42 Å². The van der Waals surface area contributed by atoms with E-state index in [-0.39, 0.29) is 5.91 Å². The summed E-state index contributed by atoms with van der Waals surface area (Å²) in [5.41, 5.74) is 2.80. The van der Waals surface area contributed by atoms with Gasteiger partial charge in [0.2, 0.25) is 0 Å². The van der Waals surface area contributed by atoms with Crippen molar-refractivity contribution < 1.29 is 4.79 Å². The summed E-state index contributed by atoms with van der Waals surface area (Å²) < 4.78 is 0. The van der Waals surface area contributed by atoms with Gasteiger partial charge in [-0.2, -0.15) is 11.3 Å². The monoisotopic (exact) mass is 309 g/mol. The number of nitrogens with one attached hydrogen (secondary N) is 1. The molecular weight excluding hydrogens is 298 g/mol. The fourth-order valence-corrected chi connectivity index (χ4v) is 2.55. The van der Waals surface area contributed by atoms with Crippen LogP contribution in [0, 0.1) is 0 Å². The normalized spacial score (nSPS) is 10.2. The predicted octanol–water partition coefficient (Wildman–Crippen LogP) is 3.94. The van der Waals surface area contributed by atoms with Gasteiger partial charge in [0, 0.05) is 16.4 Å². The largest absolute Gasteiger partial charge is 0.322 e. The number of carbonyl (C=O) groups excluding carboxylic acids is 1. The molecule has 0 spiro atoms. The summed E-state index contributed by atoms with van der Waals surface area (Å²) in [6.45, 7) is 0. The third-order valence-corrected chi connectivity index (χ3v) is 3.46. The molecule has 1 heterocycles. The second kappa shape index (κ2) is 5.98. The van der Waals surface area contributed by atoms with Crippen LogP contribution in [0.1, 0.15) is 15.9 Å². The van der Waals surface area contributed by atoms with E-state index in [0.717, 1.165) is 17.4 Å². The van der Waals surface area contributed by atoms with Crippen molar-refractivity contribution in [3.8, 4) is 0 Å². The van der Waals surface area contributed by atoms with Gasteiger partial charge in [-0.05, 0) is 35.6 Å². The molecule has 0 unspecified atom stereocenters. The lowest BCUT2D eigenvalue weighted by Crippen LogP contribution is -2.10. The van der Waals surface area contributed by atoms with Gasteiger partial charge in [0.05, 0.1) is 5.56 Å². The van der Waals surface area contributed by atoms with Crippen molar-refractivity contribution in [1.29, 1.82) is 0 Å². The van der Waals surface area contributed by atoms with E-state index in [9.17, 15) is 4.79 Å². The number of halogens is 1. The zero-order chi connectivity index (χ0) is 12.1. The topological polar surface area (TPSA) is 29.1 Å². The van der Waals surface area contributed by atoms with E-state index < -0.39 is 0 Å². The molecule has 0 bridgehead atoms. The Morgan fingerprint density at radius 2 is 2.00 bits per heavy atom. The van der Waals surface area contributed by atoms with Crippen molar-refractivity contribution in [3.05, 3.63) is 52.2 Å². The van der Waals surface area contributed by atoms with Crippen molar-refractivity contribution in [2.24, 2.45) is 0 Å². The van der Waals surface area contributed by atoms with Crippen LogP contribution in [0.25, 0.3) is 0 Å². The van der Waals surface area contributed by atoms with Crippen LogP contribution in [-0.2, 0) is 6.42 Å². The molecule has 2 rings (SSSR count). The van der Waals surface area contributed by atoms with Gasteiger partial charge in [0.25, 0.3) is 5.91 Å². The second-order valence-corrected chi connectivity index (χ2v) is 5.18. The van der Waals surface area contributed by atoms with E-state index in [4.69, 9.17) is 0 Å². The Labute approximate surface area is 113 Å². The lowest BCUT2D eigenvalue weighted by Gasteiger charge is -2.04. The first-order valence-electron chi connectivity index (χ1n) is 5.28. The lowest BCUT2D eigenvalue weighted by atomic mass is 10.1. The van der Waals surface area contributed by atoms with Crippen molar-refractivity contribution >= 4 is 38.9 Å². The number of thiophene rings is 1. The van der Waals surface area contributed by atoms with Crippen LogP contribution >= 0.6 is 27.3 Å². The molecule has 2 nitrogen and oxygen atoms in total. The van der Waals surface area contributed by atoms with Crippen molar-refractivity contribution in [1.82, 2.24) is 0 Å². The minimum absolute atomic E-state index is 0.0560. The molecule has 0 aliphatic carbocycles. The standard InChI is InChI=1S/C13H12BrNOS/c14-7-5-10-1-3-12(4-2-10)15-13(16)11-6-8-17-9-11/h1-4,6,8-9H,5,7H2,(H,15,16). The Bertz CT molecular complexity index is 479. The third-order valence-electron chi connectivity index (χ3n) is 2.38. The summed E-state index contributed by atoms with van der Waals surface area (Å²) in [6, 6.07) is 9.75. The number of alkyl halides is 1. The Kier molecular flexibility index (Phi) is 4.34. The molecule has 0 radical (unpaired) electrons. The highest BCUT2D eigenvalue weighted by Crippen LogP contribution is 2.13. The fourth-order valence-electron chi connectivity index (χ4n) is 1.46. The Balaban J connectivity index is 2.01. The van der Waals surface area contributed by atoms with E-state index in [2.05, 4.69) is 21.2 Å². The van der Waals surface area contributed by atoms with E-state index in [1.54, 1.807) is 0 Å². The minimum Gasteiger partial charge on any atom is -0.322 e. The van der Waals surface area contributed by atoms with Gasteiger partial charge in [0.1, 0.15) is 0 Å². The molecule has 88 valence electrons. The summed E-state index contributed by atoms with van der Waals surface area (Å²) in [4.78, 5) is 11.8. The van der Waals surface area contributed by atoms with Gasteiger partial charge in [-0.15, -0.1) is 0 Å². The Hall–Kier alpha value is -1.13.